The van der Waals surface area contributed by atoms with Gasteiger partial charge in [-0.05, 0) is 24.1 Å². The highest BCUT2D eigenvalue weighted by Gasteiger charge is 2.15. The van der Waals surface area contributed by atoms with E-state index in [0.29, 0.717) is 10.6 Å². The highest BCUT2D eigenvalue weighted by Crippen LogP contribution is 2.18. The zero-order valence-electron chi connectivity index (χ0n) is 10.4. The topological polar surface area (TPSA) is 98.0 Å². The van der Waals surface area contributed by atoms with Crippen LogP contribution in [0, 0.1) is 17.0 Å². The van der Waals surface area contributed by atoms with Crippen LogP contribution >= 0.6 is 11.6 Å². The quantitative estimate of drug-likeness (QED) is 0.684. The van der Waals surface area contributed by atoms with Gasteiger partial charge in [-0.2, -0.15) is 0 Å². The third kappa shape index (κ3) is 2.77. The van der Waals surface area contributed by atoms with Crippen molar-refractivity contribution in [2.24, 2.45) is 0 Å². The number of nitrogens with one attached hydrogen (secondary N) is 1. The molecule has 2 aromatic rings. The van der Waals surface area contributed by atoms with Gasteiger partial charge in [-0.15, -0.1) is 0 Å². The molecule has 0 amide bonds. The summed E-state index contributed by atoms with van der Waals surface area (Å²) in [6.07, 6.45) is 0.914. The van der Waals surface area contributed by atoms with E-state index in [2.05, 4.69) is 0 Å². The maximum Gasteiger partial charge on any atom is 0.350 e. The Hall–Kier alpha value is -2.41. The van der Waals surface area contributed by atoms with Crippen molar-refractivity contribution < 1.29 is 4.92 Å². The van der Waals surface area contributed by atoms with E-state index >= 15 is 0 Å². The molecule has 0 bridgehead atoms. The Bertz CT molecular complexity index is 794. The Morgan fingerprint density at radius 1 is 1.40 bits per heavy atom. The number of H-pyrrole nitrogens is 1. The summed E-state index contributed by atoms with van der Waals surface area (Å²) in [5.74, 6) is 0. The van der Waals surface area contributed by atoms with Crippen molar-refractivity contribution in [3.63, 3.8) is 0 Å². The van der Waals surface area contributed by atoms with E-state index in [1.165, 1.54) is 0 Å². The smallest absolute Gasteiger partial charge is 0.289 e. The average molecular weight is 296 g/mol. The lowest BCUT2D eigenvalue weighted by Crippen LogP contribution is -2.31. The second-order valence-electron chi connectivity index (χ2n) is 4.25. The summed E-state index contributed by atoms with van der Waals surface area (Å²) in [5, 5.41) is 11.1. The van der Waals surface area contributed by atoms with Crippen LogP contribution in [0.5, 0.6) is 0 Å². The molecule has 1 N–H and O–H groups in total. The minimum atomic E-state index is -1.02. The van der Waals surface area contributed by atoms with E-state index in [1.807, 2.05) is 18.0 Å². The fraction of sp³-hybridized carbons (Fsp3) is 0.167. The van der Waals surface area contributed by atoms with Crippen LogP contribution in [0.3, 0.4) is 0 Å². The molecule has 0 aliphatic carbocycles. The number of nitrogens with zero attached hydrogens (tertiary/aromatic N) is 2. The molecule has 0 spiro atoms. The van der Waals surface area contributed by atoms with Crippen molar-refractivity contribution in [3.05, 3.63) is 71.5 Å². The van der Waals surface area contributed by atoms with Crippen molar-refractivity contribution in [2.45, 2.75) is 13.5 Å². The molecule has 0 fully saturated rings. The summed E-state index contributed by atoms with van der Waals surface area (Å²) in [5.41, 5.74) is -0.851. The third-order valence-corrected chi connectivity index (χ3v) is 3.09. The van der Waals surface area contributed by atoms with Gasteiger partial charge in [-0.3, -0.25) is 24.5 Å². The number of halogens is 1. The van der Waals surface area contributed by atoms with E-state index < -0.39 is 21.9 Å². The van der Waals surface area contributed by atoms with Crippen LogP contribution < -0.4 is 11.2 Å². The molecule has 0 saturated carbocycles. The van der Waals surface area contributed by atoms with Crippen molar-refractivity contribution >= 4 is 17.3 Å². The molecule has 0 aliphatic heterocycles. The summed E-state index contributed by atoms with van der Waals surface area (Å²) in [7, 11) is 0. The van der Waals surface area contributed by atoms with E-state index in [4.69, 9.17) is 11.6 Å². The number of rotatable bonds is 3. The van der Waals surface area contributed by atoms with Crippen molar-refractivity contribution in [1.29, 1.82) is 0 Å². The van der Waals surface area contributed by atoms with Gasteiger partial charge in [0, 0.05) is 5.02 Å². The first-order valence-corrected chi connectivity index (χ1v) is 5.99. The zero-order valence-corrected chi connectivity index (χ0v) is 11.2. The van der Waals surface area contributed by atoms with Gasteiger partial charge in [0.15, 0.2) is 0 Å². The number of hydrogen-bond donors (Lipinski definition) is 1. The predicted octanol–water partition coefficient (Wildman–Crippen LogP) is 1.45. The number of benzene rings is 1. The van der Waals surface area contributed by atoms with Crippen molar-refractivity contribution in [1.82, 2.24) is 9.55 Å². The molecule has 0 saturated heterocycles. The normalized spacial score (nSPS) is 10.5. The number of aromatic amines is 1. The second-order valence-corrected chi connectivity index (χ2v) is 4.66. The van der Waals surface area contributed by atoms with E-state index in [1.54, 1.807) is 12.1 Å². The van der Waals surface area contributed by atoms with Crippen molar-refractivity contribution in [3.8, 4) is 0 Å². The fourth-order valence-corrected chi connectivity index (χ4v) is 2.00. The number of aromatic nitrogens is 2. The fourth-order valence-electron chi connectivity index (χ4n) is 1.71. The Morgan fingerprint density at radius 2 is 2.10 bits per heavy atom. The molecule has 0 radical (unpaired) electrons. The monoisotopic (exact) mass is 295 g/mol. The summed E-state index contributed by atoms with van der Waals surface area (Å²) in [4.78, 5) is 34.7. The molecule has 104 valence electrons. The van der Waals surface area contributed by atoms with Gasteiger partial charge >= 0.3 is 16.9 Å². The highest BCUT2D eigenvalue weighted by atomic mass is 35.5. The molecule has 1 heterocycles. The molecule has 2 rings (SSSR count). The summed E-state index contributed by atoms with van der Waals surface area (Å²) in [6.45, 7) is 1.91. The van der Waals surface area contributed by atoms with E-state index in [-0.39, 0.29) is 6.54 Å². The molecular formula is C12H10ClN3O4. The van der Waals surface area contributed by atoms with Gasteiger partial charge in [0.2, 0.25) is 0 Å². The summed E-state index contributed by atoms with van der Waals surface area (Å²) < 4.78 is 1.04. The standard InChI is InChI=1S/C12H10ClN3O4/c1-7-2-3-8(9(13)4-7)5-15-6-10(16(19)20)11(17)14-12(15)18/h2-4,6H,5H2,1H3,(H,14,17,18). The largest absolute Gasteiger partial charge is 0.350 e. The van der Waals surface area contributed by atoms with Gasteiger partial charge in [0.1, 0.15) is 0 Å². The minimum Gasteiger partial charge on any atom is -0.289 e. The minimum absolute atomic E-state index is 0.0373. The SMILES string of the molecule is Cc1ccc(Cn2cc([N+](=O)[O-])c(=O)[nH]c2=O)c(Cl)c1. The Balaban J connectivity index is 2.48. The van der Waals surface area contributed by atoms with Gasteiger partial charge in [-0.1, -0.05) is 23.7 Å². The molecule has 20 heavy (non-hydrogen) atoms. The molecule has 1 aromatic carbocycles. The Kier molecular flexibility index (Phi) is 3.71. The molecule has 1 aromatic heterocycles. The van der Waals surface area contributed by atoms with Gasteiger partial charge in [-0.25, -0.2) is 4.79 Å². The van der Waals surface area contributed by atoms with Crippen LogP contribution in [0.4, 0.5) is 5.69 Å². The first-order valence-electron chi connectivity index (χ1n) is 5.61. The number of aryl methyl sites for hydroxylation is 1. The molecule has 8 heteroatoms. The van der Waals surface area contributed by atoms with E-state index in [0.717, 1.165) is 16.3 Å². The highest BCUT2D eigenvalue weighted by molar-refractivity contribution is 6.31. The van der Waals surface area contributed by atoms with Gasteiger partial charge < -0.3 is 0 Å². The van der Waals surface area contributed by atoms with Gasteiger partial charge in [0.05, 0.1) is 17.7 Å². The van der Waals surface area contributed by atoms with Crippen LogP contribution in [0.25, 0.3) is 0 Å². The van der Waals surface area contributed by atoms with Crippen molar-refractivity contribution in [2.75, 3.05) is 0 Å². The molecule has 0 unspecified atom stereocenters. The second kappa shape index (κ2) is 5.30. The Morgan fingerprint density at radius 3 is 2.70 bits per heavy atom. The first kappa shape index (κ1) is 14.0. The Labute approximate surface area is 117 Å². The lowest BCUT2D eigenvalue weighted by atomic mass is 10.1. The number of nitro groups is 1. The molecular weight excluding hydrogens is 286 g/mol. The average Bonchev–Trinajstić information content (AvgIpc) is 2.35. The lowest BCUT2D eigenvalue weighted by molar-refractivity contribution is -0.386. The van der Waals surface area contributed by atoms with Crippen LogP contribution in [0.2, 0.25) is 5.02 Å². The van der Waals surface area contributed by atoms with E-state index in [9.17, 15) is 19.7 Å². The number of hydrogen-bond acceptors (Lipinski definition) is 4. The van der Waals surface area contributed by atoms with Crippen LogP contribution in [0.15, 0.2) is 34.0 Å². The van der Waals surface area contributed by atoms with Crippen LogP contribution in [-0.2, 0) is 6.54 Å². The predicted molar refractivity (Wildman–Crippen MR) is 73.3 cm³/mol. The van der Waals surface area contributed by atoms with Crippen LogP contribution in [0.1, 0.15) is 11.1 Å². The lowest BCUT2D eigenvalue weighted by Gasteiger charge is -2.07. The first-order chi connectivity index (χ1) is 9.38. The maximum atomic E-state index is 11.6. The van der Waals surface area contributed by atoms with Crippen LogP contribution in [-0.4, -0.2) is 14.5 Å². The summed E-state index contributed by atoms with van der Waals surface area (Å²) in [6, 6.07) is 5.26. The van der Waals surface area contributed by atoms with Gasteiger partial charge in [0.25, 0.3) is 0 Å². The third-order valence-electron chi connectivity index (χ3n) is 2.74. The molecule has 0 aliphatic rings. The molecule has 0 atom stereocenters. The molecule has 7 nitrogen and oxygen atoms in total. The zero-order chi connectivity index (χ0) is 14.9. The maximum absolute atomic E-state index is 11.6. The summed E-state index contributed by atoms with van der Waals surface area (Å²) >= 11 is 6.04.